The SMILES string of the molecule is Cc1c(Br)c2ccccc2n1CCNCCN(C)C. The Hall–Kier alpha value is -0.840. The molecule has 0 radical (unpaired) electrons. The number of halogens is 1. The maximum Gasteiger partial charge on any atom is 0.0494 e. The Balaban J connectivity index is 2.02. The first kappa shape index (κ1) is 14.6. The quantitative estimate of drug-likeness (QED) is 0.825. The van der Waals surface area contributed by atoms with Gasteiger partial charge in [-0.2, -0.15) is 0 Å². The van der Waals surface area contributed by atoms with Gasteiger partial charge in [-0.15, -0.1) is 0 Å². The Morgan fingerprint density at radius 1 is 1.21 bits per heavy atom. The summed E-state index contributed by atoms with van der Waals surface area (Å²) in [5.74, 6) is 0. The molecule has 1 aromatic carbocycles. The Morgan fingerprint density at radius 2 is 1.95 bits per heavy atom. The zero-order chi connectivity index (χ0) is 13.8. The maximum atomic E-state index is 3.70. The van der Waals surface area contributed by atoms with Gasteiger partial charge in [0, 0.05) is 47.2 Å². The fourth-order valence-corrected chi connectivity index (χ4v) is 2.84. The topological polar surface area (TPSA) is 20.2 Å². The number of rotatable bonds is 6. The van der Waals surface area contributed by atoms with Crippen molar-refractivity contribution in [2.45, 2.75) is 13.5 Å². The predicted octanol–water partition coefficient (Wildman–Crippen LogP) is 2.86. The summed E-state index contributed by atoms with van der Waals surface area (Å²) in [7, 11) is 4.20. The molecule has 1 aromatic heterocycles. The minimum absolute atomic E-state index is 1.000. The van der Waals surface area contributed by atoms with Crippen molar-refractivity contribution in [2.75, 3.05) is 33.7 Å². The highest BCUT2D eigenvalue weighted by Gasteiger charge is 2.10. The van der Waals surface area contributed by atoms with Crippen LogP contribution in [0.25, 0.3) is 10.9 Å². The van der Waals surface area contributed by atoms with Crippen LogP contribution in [0.3, 0.4) is 0 Å². The van der Waals surface area contributed by atoms with E-state index in [1.165, 1.54) is 21.1 Å². The first-order valence-electron chi connectivity index (χ1n) is 6.70. The van der Waals surface area contributed by atoms with E-state index in [1.807, 2.05) is 0 Å². The van der Waals surface area contributed by atoms with Gasteiger partial charge < -0.3 is 14.8 Å². The third kappa shape index (κ3) is 3.38. The van der Waals surface area contributed by atoms with E-state index in [0.717, 1.165) is 26.2 Å². The first-order chi connectivity index (χ1) is 9.11. The number of para-hydroxylation sites is 1. The highest BCUT2D eigenvalue weighted by Crippen LogP contribution is 2.30. The maximum absolute atomic E-state index is 3.70. The molecule has 0 unspecified atom stereocenters. The lowest BCUT2D eigenvalue weighted by Gasteiger charge is -2.12. The zero-order valence-electron chi connectivity index (χ0n) is 11.9. The predicted molar refractivity (Wildman–Crippen MR) is 85.8 cm³/mol. The van der Waals surface area contributed by atoms with Crippen molar-refractivity contribution in [2.24, 2.45) is 0 Å². The molecule has 2 rings (SSSR count). The van der Waals surface area contributed by atoms with Gasteiger partial charge in [-0.1, -0.05) is 18.2 Å². The van der Waals surface area contributed by atoms with Gasteiger partial charge in [-0.25, -0.2) is 0 Å². The van der Waals surface area contributed by atoms with Gasteiger partial charge >= 0.3 is 0 Å². The molecule has 0 bridgehead atoms. The smallest absolute Gasteiger partial charge is 0.0494 e. The van der Waals surface area contributed by atoms with Gasteiger partial charge in [-0.3, -0.25) is 0 Å². The minimum Gasteiger partial charge on any atom is -0.342 e. The summed E-state index contributed by atoms with van der Waals surface area (Å²) in [4.78, 5) is 2.19. The van der Waals surface area contributed by atoms with Crippen molar-refractivity contribution in [3.05, 3.63) is 34.4 Å². The van der Waals surface area contributed by atoms with E-state index >= 15 is 0 Å². The van der Waals surface area contributed by atoms with Crippen molar-refractivity contribution < 1.29 is 0 Å². The van der Waals surface area contributed by atoms with Crippen LogP contribution in [0.5, 0.6) is 0 Å². The van der Waals surface area contributed by atoms with Crippen LogP contribution in [-0.4, -0.2) is 43.2 Å². The number of likely N-dealkylation sites (N-methyl/N-ethyl adjacent to an activating group) is 1. The van der Waals surface area contributed by atoms with Crippen LogP contribution in [-0.2, 0) is 6.54 Å². The summed E-state index contributed by atoms with van der Waals surface area (Å²) in [6.07, 6.45) is 0. The Morgan fingerprint density at radius 3 is 2.68 bits per heavy atom. The molecule has 0 atom stereocenters. The molecule has 0 saturated heterocycles. The summed E-state index contributed by atoms with van der Waals surface area (Å²) >= 11 is 3.70. The summed E-state index contributed by atoms with van der Waals surface area (Å²) in [5.41, 5.74) is 2.61. The van der Waals surface area contributed by atoms with E-state index in [1.54, 1.807) is 0 Å². The summed E-state index contributed by atoms with van der Waals surface area (Å²) < 4.78 is 3.60. The first-order valence-corrected chi connectivity index (χ1v) is 7.49. The molecule has 0 spiro atoms. The van der Waals surface area contributed by atoms with Gasteiger partial charge in [0.05, 0.1) is 0 Å². The lowest BCUT2D eigenvalue weighted by Crippen LogP contribution is -2.29. The number of aromatic nitrogens is 1. The molecule has 0 amide bonds. The summed E-state index contributed by atoms with van der Waals surface area (Å²) in [6.45, 7) is 6.29. The second kappa shape index (κ2) is 6.55. The normalized spacial score (nSPS) is 11.6. The van der Waals surface area contributed by atoms with Crippen LogP contribution in [0.15, 0.2) is 28.7 Å². The third-order valence-electron chi connectivity index (χ3n) is 3.40. The Labute approximate surface area is 123 Å². The Bertz CT molecular complexity index is 546. The molecule has 1 N–H and O–H groups in total. The minimum atomic E-state index is 1.000. The van der Waals surface area contributed by atoms with Crippen molar-refractivity contribution in [1.29, 1.82) is 0 Å². The zero-order valence-corrected chi connectivity index (χ0v) is 13.5. The summed E-state index contributed by atoms with van der Waals surface area (Å²) in [5, 5.41) is 4.79. The van der Waals surface area contributed by atoms with Crippen molar-refractivity contribution >= 4 is 26.8 Å². The molecule has 0 aliphatic carbocycles. The number of benzene rings is 1. The largest absolute Gasteiger partial charge is 0.342 e. The van der Waals surface area contributed by atoms with Gasteiger partial charge in [0.2, 0.25) is 0 Å². The third-order valence-corrected chi connectivity index (χ3v) is 4.40. The van der Waals surface area contributed by atoms with Crippen LogP contribution < -0.4 is 5.32 Å². The van der Waals surface area contributed by atoms with E-state index < -0.39 is 0 Å². The highest BCUT2D eigenvalue weighted by molar-refractivity contribution is 9.10. The molecule has 3 nitrogen and oxygen atoms in total. The molecule has 0 saturated carbocycles. The second-order valence-corrected chi connectivity index (χ2v) is 5.91. The van der Waals surface area contributed by atoms with Crippen LogP contribution in [0.2, 0.25) is 0 Å². The lowest BCUT2D eigenvalue weighted by atomic mass is 10.2. The molecular formula is C15H22BrN3. The number of nitrogens with one attached hydrogen (secondary N) is 1. The number of hydrogen-bond donors (Lipinski definition) is 1. The number of hydrogen-bond acceptors (Lipinski definition) is 2. The van der Waals surface area contributed by atoms with E-state index in [0.29, 0.717) is 0 Å². The highest BCUT2D eigenvalue weighted by atomic mass is 79.9. The molecule has 4 heteroatoms. The summed E-state index contributed by atoms with van der Waals surface area (Å²) in [6, 6.07) is 8.55. The fourth-order valence-electron chi connectivity index (χ4n) is 2.30. The molecule has 19 heavy (non-hydrogen) atoms. The van der Waals surface area contributed by atoms with Gasteiger partial charge in [0.25, 0.3) is 0 Å². The molecule has 1 heterocycles. The van der Waals surface area contributed by atoms with Gasteiger partial charge in [-0.05, 0) is 43.0 Å². The van der Waals surface area contributed by atoms with Crippen LogP contribution in [0.1, 0.15) is 5.69 Å². The lowest BCUT2D eigenvalue weighted by molar-refractivity contribution is 0.398. The van der Waals surface area contributed by atoms with E-state index in [2.05, 4.69) is 76.0 Å². The van der Waals surface area contributed by atoms with Crippen molar-refractivity contribution in [3.63, 3.8) is 0 Å². The molecule has 0 aliphatic rings. The van der Waals surface area contributed by atoms with Gasteiger partial charge in [0.15, 0.2) is 0 Å². The number of fused-ring (bicyclic) bond motifs is 1. The molecule has 2 aromatic rings. The monoisotopic (exact) mass is 323 g/mol. The van der Waals surface area contributed by atoms with Crippen LogP contribution in [0, 0.1) is 6.92 Å². The fraction of sp³-hybridized carbons (Fsp3) is 0.467. The molecular weight excluding hydrogens is 302 g/mol. The Kier molecular flexibility index (Phi) is 5.02. The van der Waals surface area contributed by atoms with Crippen LogP contribution in [0.4, 0.5) is 0 Å². The molecule has 104 valence electrons. The van der Waals surface area contributed by atoms with Crippen molar-refractivity contribution in [1.82, 2.24) is 14.8 Å². The molecule has 0 fully saturated rings. The second-order valence-electron chi connectivity index (χ2n) is 5.12. The van der Waals surface area contributed by atoms with E-state index in [4.69, 9.17) is 0 Å². The number of nitrogens with zero attached hydrogens (tertiary/aromatic N) is 2. The van der Waals surface area contributed by atoms with Crippen molar-refractivity contribution in [3.8, 4) is 0 Å². The van der Waals surface area contributed by atoms with E-state index in [9.17, 15) is 0 Å². The molecule has 0 aliphatic heterocycles. The average molecular weight is 324 g/mol. The standard InChI is InChI=1S/C15H22BrN3/c1-12-15(16)13-6-4-5-7-14(13)19(12)11-9-17-8-10-18(2)3/h4-7,17H,8-11H2,1-3H3. The average Bonchev–Trinajstić information content (AvgIpc) is 2.63. The van der Waals surface area contributed by atoms with Gasteiger partial charge in [0.1, 0.15) is 0 Å². The van der Waals surface area contributed by atoms with E-state index in [-0.39, 0.29) is 0 Å². The van der Waals surface area contributed by atoms with Crippen LogP contribution >= 0.6 is 15.9 Å².